The summed E-state index contributed by atoms with van der Waals surface area (Å²) in [7, 11) is 1.89. The molecule has 1 amide bonds. The Labute approximate surface area is 107 Å². The molecule has 2 N–H and O–H groups in total. The molecule has 2 atom stereocenters. The van der Waals surface area contributed by atoms with Gasteiger partial charge in [-0.15, -0.1) is 11.3 Å². The summed E-state index contributed by atoms with van der Waals surface area (Å²) in [4.78, 5) is 16.2. The largest absolute Gasteiger partial charge is 0.312 e. The van der Waals surface area contributed by atoms with E-state index in [0.29, 0.717) is 5.13 Å². The third-order valence-corrected chi connectivity index (χ3v) is 3.57. The van der Waals surface area contributed by atoms with Gasteiger partial charge >= 0.3 is 0 Å². The Hall–Kier alpha value is -0.940. The van der Waals surface area contributed by atoms with E-state index < -0.39 is 0 Å². The predicted molar refractivity (Wildman–Crippen MR) is 72.3 cm³/mol. The van der Waals surface area contributed by atoms with Gasteiger partial charge in [0.15, 0.2) is 5.13 Å². The average Bonchev–Trinajstić information content (AvgIpc) is 2.76. The Bertz CT molecular complexity index is 364. The highest BCUT2D eigenvalue weighted by Gasteiger charge is 2.14. The van der Waals surface area contributed by atoms with Crippen LogP contribution in [0.3, 0.4) is 0 Å². The number of nitrogens with one attached hydrogen (secondary N) is 2. The van der Waals surface area contributed by atoms with Crippen molar-refractivity contribution in [1.82, 2.24) is 10.3 Å². The molecule has 0 saturated heterocycles. The summed E-state index contributed by atoms with van der Waals surface area (Å²) in [5.74, 6) is 0.110. The molecule has 1 heterocycles. The molecular formula is C12H21N3OS. The van der Waals surface area contributed by atoms with Gasteiger partial charge < -0.3 is 10.6 Å². The molecule has 0 saturated carbocycles. The van der Waals surface area contributed by atoms with Gasteiger partial charge in [-0.25, -0.2) is 4.98 Å². The van der Waals surface area contributed by atoms with Crippen molar-refractivity contribution in [2.45, 2.75) is 39.7 Å². The predicted octanol–water partition coefficient (Wildman–Crippen LogP) is 2.80. The van der Waals surface area contributed by atoms with E-state index >= 15 is 0 Å². The van der Waals surface area contributed by atoms with Gasteiger partial charge in [0.05, 0.1) is 5.69 Å². The van der Waals surface area contributed by atoms with Gasteiger partial charge in [-0.05, 0) is 20.4 Å². The lowest BCUT2D eigenvalue weighted by Gasteiger charge is -2.09. The molecule has 2 unspecified atom stereocenters. The van der Waals surface area contributed by atoms with Gasteiger partial charge in [0, 0.05) is 17.3 Å². The number of hydrogen-bond acceptors (Lipinski definition) is 4. The van der Waals surface area contributed by atoms with Crippen LogP contribution in [0.15, 0.2) is 5.38 Å². The highest BCUT2D eigenvalue weighted by molar-refractivity contribution is 7.13. The van der Waals surface area contributed by atoms with Crippen LogP contribution in [-0.4, -0.2) is 17.9 Å². The Morgan fingerprint density at radius 3 is 2.82 bits per heavy atom. The number of carbonyl (C=O) groups is 1. The van der Waals surface area contributed by atoms with Crippen LogP contribution < -0.4 is 10.6 Å². The van der Waals surface area contributed by atoms with Gasteiger partial charge in [-0.2, -0.15) is 0 Å². The minimum atomic E-state index is 0.0501. The highest BCUT2D eigenvalue weighted by Crippen LogP contribution is 2.21. The molecular weight excluding hydrogens is 234 g/mol. The molecule has 0 aliphatic heterocycles. The number of nitrogens with zero attached hydrogens (tertiary/aromatic N) is 1. The van der Waals surface area contributed by atoms with E-state index in [2.05, 4.69) is 22.5 Å². The van der Waals surface area contributed by atoms with Crippen molar-refractivity contribution in [3.8, 4) is 0 Å². The van der Waals surface area contributed by atoms with Crippen molar-refractivity contribution in [3.63, 3.8) is 0 Å². The average molecular weight is 255 g/mol. The monoisotopic (exact) mass is 255 g/mol. The topological polar surface area (TPSA) is 54.0 Å². The van der Waals surface area contributed by atoms with E-state index in [1.165, 1.54) is 11.3 Å². The fourth-order valence-corrected chi connectivity index (χ4v) is 2.29. The van der Waals surface area contributed by atoms with Gasteiger partial charge in [0.1, 0.15) is 0 Å². The zero-order chi connectivity index (χ0) is 12.8. The summed E-state index contributed by atoms with van der Waals surface area (Å²) in [6, 6.07) is 0.213. The standard InChI is InChI=1S/C12H21N3OS/c1-5-6-8(2)11(16)15-12-14-10(7-17-12)9(3)13-4/h7-9,13H,5-6H2,1-4H3,(H,14,15,16). The minimum Gasteiger partial charge on any atom is -0.312 e. The third-order valence-electron chi connectivity index (χ3n) is 2.80. The quantitative estimate of drug-likeness (QED) is 0.822. The van der Waals surface area contributed by atoms with E-state index in [1.54, 1.807) is 0 Å². The Kier molecular flexibility index (Phi) is 5.58. The summed E-state index contributed by atoms with van der Waals surface area (Å²) in [5.41, 5.74) is 0.968. The molecule has 1 aromatic rings. The first-order chi connectivity index (χ1) is 8.08. The maximum Gasteiger partial charge on any atom is 0.228 e. The van der Waals surface area contributed by atoms with Crippen LogP contribution in [0, 0.1) is 5.92 Å². The number of amides is 1. The summed E-state index contributed by atoms with van der Waals surface area (Å²) in [5, 5.41) is 8.65. The van der Waals surface area contributed by atoms with Crippen LogP contribution >= 0.6 is 11.3 Å². The maximum absolute atomic E-state index is 11.8. The van der Waals surface area contributed by atoms with Gasteiger partial charge in [0.25, 0.3) is 0 Å². The van der Waals surface area contributed by atoms with E-state index in [0.717, 1.165) is 18.5 Å². The fourth-order valence-electron chi connectivity index (χ4n) is 1.48. The van der Waals surface area contributed by atoms with Crippen LogP contribution in [0.2, 0.25) is 0 Å². The van der Waals surface area contributed by atoms with E-state index in [4.69, 9.17) is 0 Å². The van der Waals surface area contributed by atoms with Crippen LogP contribution in [0.5, 0.6) is 0 Å². The first kappa shape index (κ1) is 14.1. The molecule has 5 heteroatoms. The van der Waals surface area contributed by atoms with Crippen LogP contribution in [0.25, 0.3) is 0 Å². The van der Waals surface area contributed by atoms with Crippen LogP contribution in [0.1, 0.15) is 45.3 Å². The summed E-state index contributed by atoms with van der Waals surface area (Å²) in [6.07, 6.45) is 1.94. The normalized spacial score (nSPS) is 14.4. The number of hydrogen-bond donors (Lipinski definition) is 2. The second-order valence-corrected chi connectivity index (χ2v) is 5.12. The molecule has 4 nitrogen and oxygen atoms in total. The van der Waals surface area contributed by atoms with E-state index in [9.17, 15) is 4.79 Å². The summed E-state index contributed by atoms with van der Waals surface area (Å²) in [6.45, 7) is 6.07. The molecule has 17 heavy (non-hydrogen) atoms. The Morgan fingerprint density at radius 1 is 1.53 bits per heavy atom. The Morgan fingerprint density at radius 2 is 2.24 bits per heavy atom. The lowest BCUT2D eigenvalue weighted by atomic mass is 10.1. The number of thiazole rings is 1. The SMILES string of the molecule is CCCC(C)C(=O)Nc1nc(C(C)NC)cs1. The molecule has 0 aromatic carbocycles. The number of anilines is 1. The molecule has 1 rings (SSSR count). The van der Waals surface area contributed by atoms with Crippen molar-refractivity contribution in [2.24, 2.45) is 5.92 Å². The van der Waals surface area contributed by atoms with Crippen LogP contribution in [0.4, 0.5) is 5.13 Å². The number of aromatic nitrogens is 1. The fraction of sp³-hybridized carbons (Fsp3) is 0.667. The zero-order valence-corrected chi connectivity index (χ0v) is 11.7. The van der Waals surface area contributed by atoms with Crippen molar-refractivity contribution in [1.29, 1.82) is 0 Å². The molecule has 0 aliphatic rings. The number of rotatable bonds is 6. The van der Waals surface area contributed by atoms with Gasteiger partial charge in [-0.1, -0.05) is 20.3 Å². The first-order valence-corrected chi connectivity index (χ1v) is 6.90. The highest BCUT2D eigenvalue weighted by atomic mass is 32.1. The van der Waals surface area contributed by atoms with Crippen molar-refractivity contribution >= 4 is 22.4 Å². The second-order valence-electron chi connectivity index (χ2n) is 4.27. The van der Waals surface area contributed by atoms with E-state index in [1.807, 2.05) is 26.3 Å². The molecule has 0 bridgehead atoms. The Balaban J connectivity index is 2.57. The molecule has 0 fully saturated rings. The molecule has 0 spiro atoms. The summed E-state index contributed by atoms with van der Waals surface area (Å²) >= 11 is 1.47. The minimum absolute atomic E-state index is 0.0501. The zero-order valence-electron chi connectivity index (χ0n) is 10.9. The molecule has 0 radical (unpaired) electrons. The molecule has 96 valence electrons. The van der Waals surface area contributed by atoms with Crippen molar-refractivity contribution in [2.75, 3.05) is 12.4 Å². The van der Waals surface area contributed by atoms with E-state index in [-0.39, 0.29) is 17.9 Å². The van der Waals surface area contributed by atoms with Gasteiger partial charge in [0.2, 0.25) is 5.91 Å². The van der Waals surface area contributed by atoms with Crippen molar-refractivity contribution < 1.29 is 4.79 Å². The molecule has 1 aromatic heterocycles. The van der Waals surface area contributed by atoms with Gasteiger partial charge in [-0.3, -0.25) is 4.79 Å². The third kappa shape index (κ3) is 4.09. The lowest BCUT2D eigenvalue weighted by molar-refractivity contribution is -0.119. The smallest absolute Gasteiger partial charge is 0.228 e. The summed E-state index contributed by atoms with van der Waals surface area (Å²) < 4.78 is 0. The lowest BCUT2D eigenvalue weighted by Crippen LogP contribution is -2.20. The first-order valence-electron chi connectivity index (χ1n) is 6.02. The number of carbonyl (C=O) groups excluding carboxylic acids is 1. The van der Waals surface area contributed by atoms with Crippen LogP contribution in [-0.2, 0) is 4.79 Å². The maximum atomic E-state index is 11.8. The van der Waals surface area contributed by atoms with Crippen molar-refractivity contribution in [3.05, 3.63) is 11.1 Å². The molecule has 0 aliphatic carbocycles. The second kappa shape index (κ2) is 6.71.